The van der Waals surface area contributed by atoms with Crippen molar-refractivity contribution in [2.45, 2.75) is 58.8 Å². The number of esters is 1. The maximum absolute atomic E-state index is 13.0. The van der Waals surface area contributed by atoms with E-state index in [4.69, 9.17) is 4.74 Å². The van der Waals surface area contributed by atoms with Crippen molar-refractivity contribution in [3.63, 3.8) is 0 Å². The van der Waals surface area contributed by atoms with Crippen LogP contribution in [0.4, 0.5) is 18.2 Å². The lowest BCUT2D eigenvalue weighted by atomic mass is 9.88. The van der Waals surface area contributed by atoms with Gasteiger partial charge in [-0.2, -0.15) is 13.2 Å². The van der Waals surface area contributed by atoms with Crippen LogP contribution < -0.4 is 5.32 Å². The van der Waals surface area contributed by atoms with Crippen molar-refractivity contribution < 1.29 is 27.5 Å². The molecule has 3 rings (SSSR count). The number of carbonyl (C=O) groups excluding carboxylic acids is 2. The van der Waals surface area contributed by atoms with Crippen molar-refractivity contribution in [1.82, 2.24) is 4.90 Å². The first-order chi connectivity index (χ1) is 15.5. The molecule has 0 unspecified atom stereocenters. The van der Waals surface area contributed by atoms with Crippen LogP contribution in [0, 0.1) is 5.92 Å². The van der Waals surface area contributed by atoms with E-state index in [9.17, 15) is 22.8 Å². The molecular weight excluding hydrogens is 453 g/mol. The molecule has 1 aromatic heterocycles. The molecule has 2 atom stereocenters. The molecule has 0 spiro atoms. The number of benzene rings is 1. The van der Waals surface area contributed by atoms with Crippen molar-refractivity contribution in [3.05, 3.63) is 51.4 Å². The second-order valence-electron chi connectivity index (χ2n) is 8.55. The molecule has 9 heteroatoms. The van der Waals surface area contributed by atoms with Gasteiger partial charge in [0.15, 0.2) is 0 Å². The molecule has 0 saturated carbocycles. The fourth-order valence-electron chi connectivity index (χ4n) is 3.90. The number of carbonyl (C=O) groups is 2. The molecule has 1 amide bonds. The number of nitrogens with zero attached hydrogens (tertiary/aromatic N) is 1. The molecule has 5 nitrogen and oxygen atoms in total. The maximum atomic E-state index is 13.0. The first-order valence-corrected chi connectivity index (χ1v) is 11.8. The fourth-order valence-corrected chi connectivity index (χ4v) is 5.30. The van der Waals surface area contributed by atoms with Gasteiger partial charge in [0.05, 0.1) is 23.8 Å². The Kier molecular flexibility index (Phi) is 7.84. The molecule has 0 fully saturated rings. The van der Waals surface area contributed by atoms with Crippen molar-refractivity contribution in [1.29, 1.82) is 0 Å². The van der Waals surface area contributed by atoms with Gasteiger partial charge in [0.1, 0.15) is 5.00 Å². The highest BCUT2D eigenvalue weighted by atomic mass is 32.1. The van der Waals surface area contributed by atoms with E-state index in [0.29, 0.717) is 28.6 Å². The zero-order valence-electron chi connectivity index (χ0n) is 19.2. The smallest absolute Gasteiger partial charge is 0.416 e. The third-order valence-electron chi connectivity index (χ3n) is 5.98. The fraction of sp³-hybridized carbons (Fsp3) is 0.500. The maximum Gasteiger partial charge on any atom is 0.416 e. The summed E-state index contributed by atoms with van der Waals surface area (Å²) in [6.07, 6.45) is -1.76. The van der Waals surface area contributed by atoms with Crippen molar-refractivity contribution in [2.24, 2.45) is 5.92 Å². The summed E-state index contributed by atoms with van der Waals surface area (Å²) >= 11 is 1.43. The molecule has 1 heterocycles. The highest BCUT2D eigenvalue weighted by molar-refractivity contribution is 7.17. The highest BCUT2D eigenvalue weighted by Crippen LogP contribution is 2.40. The van der Waals surface area contributed by atoms with Crippen LogP contribution in [0.2, 0.25) is 0 Å². The molecule has 33 heavy (non-hydrogen) atoms. The molecule has 180 valence electrons. The predicted molar refractivity (Wildman–Crippen MR) is 122 cm³/mol. The minimum Gasteiger partial charge on any atom is -0.462 e. The predicted octanol–water partition coefficient (Wildman–Crippen LogP) is 5.53. The summed E-state index contributed by atoms with van der Waals surface area (Å²) in [5.41, 5.74) is 1.38. The zero-order valence-corrected chi connectivity index (χ0v) is 20.0. The first kappa shape index (κ1) is 25.2. The summed E-state index contributed by atoms with van der Waals surface area (Å²) in [6, 6.07) is 4.34. The van der Waals surface area contributed by atoms with Gasteiger partial charge in [-0.25, -0.2) is 4.79 Å². The summed E-state index contributed by atoms with van der Waals surface area (Å²) < 4.78 is 43.6. The SMILES string of the molecule is CCOC(=O)c1c(NC(=O)[C@@H](C)N(C)Cc2ccc(C(F)(F)F)cc2)sc2c1CC[C@H](C)C2. The molecule has 1 aromatic carbocycles. The number of hydrogen-bond donors (Lipinski definition) is 1. The van der Waals surface area contributed by atoms with E-state index in [2.05, 4.69) is 12.2 Å². The number of fused-ring (bicyclic) bond motifs is 1. The third-order valence-corrected chi connectivity index (χ3v) is 7.15. The average molecular weight is 483 g/mol. The Morgan fingerprint density at radius 3 is 2.55 bits per heavy atom. The van der Waals surface area contributed by atoms with E-state index in [-0.39, 0.29) is 12.5 Å². The van der Waals surface area contributed by atoms with Gasteiger partial charge in [0.2, 0.25) is 5.91 Å². The Morgan fingerprint density at radius 1 is 1.27 bits per heavy atom. The van der Waals surface area contributed by atoms with Gasteiger partial charge in [-0.05, 0) is 69.3 Å². The Labute approximate surface area is 195 Å². The largest absolute Gasteiger partial charge is 0.462 e. The summed E-state index contributed by atoms with van der Waals surface area (Å²) in [5.74, 6) is -0.198. The van der Waals surface area contributed by atoms with Gasteiger partial charge in [0, 0.05) is 11.4 Å². The number of anilines is 1. The standard InChI is InChI=1S/C24H29F3N2O3S/c1-5-32-23(31)20-18-11-6-14(2)12-19(18)33-22(20)28-21(30)15(3)29(4)13-16-7-9-17(10-8-16)24(25,26)27/h7-10,14-15H,5-6,11-13H2,1-4H3,(H,28,30)/t14-,15+/m0/s1. The summed E-state index contributed by atoms with van der Waals surface area (Å²) in [6.45, 7) is 6.19. The zero-order chi connectivity index (χ0) is 24.3. The monoisotopic (exact) mass is 482 g/mol. The van der Waals surface area contributed by atoms with E-state index in [1.807, 2.05) is 0 Å². The van der Waals surface area contributed by atoms with Crippen LogP contribution in [-0.4, -0.2) is 36.5 Å². The number of ether oxygens (including phenoxy) is 1. The summed E-state index contributed by atoms with van der Waals surface area (Å²) in [5, 5.41) is 3.41. The Morgan fingerprint density at radius 2 is 1.94 bits per heavy atom. The summed E-state index contributed by atoms with van der Waals surface area (Å²) in [4.78, 5) is 28.5. The quantitative estimate of drug-likeness (QED) is 0.528. The molecule has 1 N–H and O–H groups in total. The minimum atomic E-state index is -4.38. The Bertz CT molecular complexity index is 1000. The number of thiophene rings is 1. The number of alkyl halides is 3. The molecule has 0 saturated heterocycles. The molecular formula is C24H29F3N2O3S. The molecule has 1 aliphatic carbocycles. The van der Waals surface area contributed by atoms with E-state index < -0.39 is 23.8 Å². The first-order valence-electron chi connectivity index (χ1n) is 11.0. The molecule has 0 bridgehead atoms. The lowest BCUT2D eigenvalue weighted by Crippen LogP contribution is -2.39. The second-order valence-corrected chi connectivity index (χ2v) is 9.66. The normalized spacial score (nSPS) is 16.9. The lowest BCUT2D eigenvalue weighted by molar-refractivity contribution is -0.137. The number of halogens is 3. The molecule has 0 aliphatic heterocycles. The van der Waals surface area contributed by atoms with Crippen molar-refractivity contribution in [3.8, 4) is 0 Å². The second kappa shape index (κ2) is 10.3. The number of amides is 1. The average Bonchev–Trinajstić information content (AvgIpc) is 3.09. The Balaban J connectivity index is 1.73. The number of likely N-dealkylation sites (N-methyl/N-ethyl adjacent to an activating group) is 1. The van der Waals surface area contributed by atoms with Crippen LogP contribution in [0.15, 0.2) is 24.3 Å². The van der Waals surface area contributed by atoms with Crippen LogP contribution in [-0.2, 0) is 35.1 Å². The summed E-state index contributed by atoms with van der Waals surface area (Å²) in [7, 11) is 1.73. The van der Waals surface area contributed by atoms with Crippen LogP contribution in [0.3, 0.4) is 0 Å². The minimum absolute atomic E-state index is 0.250. The topological polar surface area (TPSA) is 58.6 Å². The third kappa shape index (κ3) is 5.95. The van der Waals surface area contributed by atoms with E-state index in [1.54, 1.807) is 25.8 Å². The number of hydrogen-bond acceptors (Lipinski definition) is 5. The van der Waals surface area contributed by atoms with Gasteiger partial charge in [-0.1, -0.05) is 19.1 Å². The van der Waals surface area contributed by atoms with Gasteiger partial charge in [-0.3, -0.25) is 9.69 Å². The van der Waals surface area contributed by atoms with Crippen LogP contribution >= 0.6 is 11.3 Å². The van der Waals surface area contributed by atoms with Crippen LogP contribution in [0.1, 0.15) is 59.1 Å². The van der Waals surface area contributed by atoms with Crippen molar-refractivity contribution >= 4 is 28.2 Å². The van der Waals surface area contributed by atoms with Crippen molar-refractivity contribution in [2.75, 3.05) is 19.0 Å². The Hall–Kier alpha value is -2.39. The van der Waals surface area contributed by atoms with E-state index in [1.165, 1.54) is 23.5 Å². The molecule has 1 aliphatic rings. The van der Waals surface area contributed by atoms with E-state index >= 15 is 0 Å². The highest BCUT2D eigenvalue weighted by Gasteiger charge is 2.31. The van der Waals surface area contributed by atoms with Crippen LogP contribution in [0.5, 0.6) is 0 Å². The number of nitrogens with one attached hydrogen (secondary N) is 1. The van der Waals surface area contributed by atoms with Crippen LogP contribution in [0.25, 0.3) is 0 Å². The van der Waals surface area contributed by atoms with Gasteiger partial charge >= 0.3 is 12.1 Å². The van der Waals surface area contributed by atoms with E-state index in [0.717, 1.165) is 41.8 Å². The van der Waals surface area contributed by atoms with Gasteiger partial charge in [0.25, 0.3) is 0 Å². The molecule has 0 radical (unpaired) electrons. The molecule has 2 aromatic rings. The number of rotatable bonds is 7. The van der Waals surface area contributed by atoms with Gasteiger partial charge in [-0.15, -0.1) is 11.3 Å². The lowest BCUT2D eigenvalue weighted by Gasteiger charge is -2.24. The van der Waals surface area contributed by atoms with Gasteiger partial charge < -0.3 is 10.1 Å².